The number of nitrogens with one attached hydrogen (secondary N) is 1. The zero-order valence-electron chi connectivity index (χ0n) is 22.3. The summed E-state index contributed by atoms with van der Waals surface area (Å²) in [6, 6.07) is 17.2. The number of likely N-dealkylation sites (tertiary alicyclic amines) is 1. The summed E-state index contributed by atoms with van der Waals surface area (Å²) in [7, 11) is 0. The van der Waals surface area contributed by atoms with Crippen LogP contribution in [0.4, 0.5) is 24.8 Å². The number of hydrogen-bond donors (Lipinski definition) is 2. The molecule has 1 aromatic carbocycles. The average Bonchev–Trinajstić information content (AvgIpc) is 3.37. The Morgan fingerprint density at radius 1 is 0.952 bits per heavy atom. The quantitative estimate of drug-likeness (QED) is 0.295. The molecule has 0 radical (unpaired) electrons. The molecule has 4 aromatic heterocycles. The summed E-state index contributed by atoms with van der Waals surface area (Å²) < 4.78 is 42.2. The molecule has 0 spiro atoms. The molecule has 13 heteroatoms. The number of imidazole rings is 1. The van der Waals surface area contributed by atoms with Crippen LogP contribution in [0.3, 0.4) is 0 Å². The van der Waals surface area contributed by atoms with Gasteiger partial charge in [0.05, 0.1) is 5.56 Å². The van der Waals surface area contributed by atoms with Crippen molar-refractivity contribution in [2.24, 2.45) is 0 Å². The number of rotatable bonds is 6. The molecule has 1 saturated heterocycles. The number of piperidine rings is 1. The highest BCUT2D eigenvalue weighted by Gasteiger charge is 2.33. The van der Waals surface area contributed by atoms with Crippen molar-refractivity contribution in [1.29, 1.82) is 5.26 Å². The Morgan fingerprint density at radius 3 is 2.45 bits per heavy atom. The number of fused-ring (bicyclic) bond motifs is 1. The molecular formula is C29H25F3N10. The van der Waals surface area contributed by atoms with Gasteiger partial charge in [0.15, 0.2) is 11.5 Å². The molecule has 5 heterocycles. The zero-order valence-corrected chi connectivity index (χ0v) is 22.3. The molecule has 1 aliphatic heterocycles. The Kier molecular flexibility index (Phi) is 7.13. The van der Waals surface area contributed by atoms with Crippen LogP contribution in [0.15, 0.2) is 67.0 Å². The topological polar surface area (TPSA) is 134 Å². The lowest BCUT2D eigenvalue weighted by Crippen LogP contribution is -2.38. The minimum atomic E-state index is -4.60. The molecule has 0 saturated carbocycles. The van der Waals surface area contributed by atoms with Crippen molar-refractivity contribution in [3.8, 4) is 23.1 Å². The molecule has 0 unspecified atom stereocenters. The number of pyridine rings is 2. The van der Waals surface area contributed by atoms with Gasteiger partial charge in [-0.15, -0.1) is 0 Å². The lowest BCUT2D eigenvalue weighted by Gasteiger charge is -2.32. The van der Waals surface area contributed by atoms with Crippen molar-refractivity contribution in [3.63, 3.8) is 0 Å². The van der Waals surface area contributed by atoms with E-state index in [0.717, 1.165) is 44.1 Å². The molecule has 212 valence electrons. The monoisotopic (exact) mass is 570 g/mol. The van der Waals surface area contributed by atoms with Crippen molar-refractivity contribution in [1.82, 2.24) is 34.4 Å². The Bertz CT molecular complexity index is 1770. The zero-order chi connectivity index (χ0) is 29.3. The van der Waals surface area contributed by atoms with Crippen LogP contribution >= 0.6 is 0 Å². The number of benzene rings is 1. The van der Waals surface area contributed by atoms with E-state index < -0.39 is 11.9 Å². The van der Waals surface area contributed by atoms with Crippen molar-refractivity contribution < 1.29 is 13.2 Å². The van der Waals surface area contributed by atoms with E-state index in [4.69, 9.17) is 11.0 Å². The summed E-state index contributed by atoms with van der Waals surface area (Å²) in [6.07, 6.45) is 0.333. The molecule has 0 atom stereocenters. The molecule has 1 aliphatic rings. The fraction of sp³-hybridized carbons (Fsp3) is 0.241. The fourth-order valence-electron chi connectivity index (χ4n) is 5.09. The second kappa shape index (κ2) is 11.1. The Morgan fingerprint density at radius 2 is 1.74 bits per heavy atom. The van der Waals surface area contributed by atoms with E-state index in [1.807, 2.05) is 30.3 Å². The van der Waals surface area contributed by atoms with E-state index >= 15 is 0 Å². The summed E-state index contributed by atoms with van der Waals surface area (Å²) >= 11 is 0. The number of anilines is 2. The van der Waals surface area contributed by atoms with Gasteiger partial charge in [-0.1, -0.05) is 12.1 Å². The van der Waals surface area contributed by atoms with Crippen LogP contribution in [-0.2, 0) is 12.7 Å². The van der Waals surface area contributed by atoms with Crippen LogP contribution in [-0.4, -0.2) is 53.5 Å². The first kappa shape index (κ1) is 27.1. The predicted molar refractivity (Wildman–Crippen MR) is 150 cm³/mol. The maximum atomic E-state index is 13.5. The Labute approximate surface area is 238 Å². The second-order valence-corrected chi connectivity index (χ2v) is 9.98. The van der Waals surface area contributed by atoms with Crippen LogP contribution in [0, 0.1) is 11.3 Å². The minimum absolute atomic E-state index is 0.0796. The van der Waals surface area contributed by atoms with Gasteiger partial charge in [0.2, 0.25) is 5.82 Å². The lowest BCUT2D eigenvalue weighted by atomic mass is 10.0. The van der Waals surface area contributed by atoms with Gasteiger partial charge in [-0.3, -0.25) is 9.47 Å². The van der Waals surface area contributed by atoms with Crippen LogP contribution in [0.2, 0.25) is 0 Å². The number of halogens is 3. The normalized spacial score (nSPS) is 14.6. The minimum Gasteiger partial charge on any atom is -0.383 e. The van der Waals surface area contributed by atoms with Gasteiger partial charge < -0.3 is 11.1 Å². The number of nitrogens with zero attached hydrogens (tertiary/aromatic N) is 8. The molecule has 5 aromatic rings. The van der Waals surface area contributed by atoms with Crippen LogP contribution in [0.5, 0.6) is 0 Å². The molecule has 42 heavy (non-hydrogen) atoms. The highest BCUT2D eigenvalue weighted by Crippen LogP contribution is 2.33. The smallest absolute Gasteiger partial charge is 0.383 e. The number of nitriles is 1. The fourth-order valence-corrected chi connectivity index (χ4v) is 5.09. The summed E-state index contributed by atoms with van der Waals surface area (Å²) in [5.41, 5.74) is 7.68. The van der Waals surface area contributed by atoms with Gasteiger partial charge in [0.25, 0.3) is 0 Å². The first-order valence-electron chi connectivity index (χ1n) is 13.3. The number of nitrogens with two attached hydrogens (primary N) is 1. The average molecular weight is 571 g/mol. The molecule has 0 aliphatic carbocycles. The second-order valence-electron chi connectivity index (χ2n) is 9.98. The summed E-state index contributed by atoms with van der Waals surface area (Å²) in [4.78, 5) is 23.1. The maximum absolute atomic E-state index is 13.5. The van der Waals surface area contributed by atoms with Crippen molar-refractivity contribution in [3.05, 3.63) is 84.1 Å². The standard InChI is InChI=1S/C29H25F3N10/c30-29(31,32)23-8-7-22-28(39-23)42(27(38-22)21-2-1-12-36-26(21)34)20-5-3-18(4-6-20)17-41-14-10-19(11-15-41)37-24-9-13-35-25(16-33)40-24/h1-9,12-13,19H,10-11,14-15,17H2,(H2,34,36)(H,35,37,40). The molecular weight excluding hydrogens is 545 g/mol. The summed E-state index contributed by atoms with van der Waals surface area (Å²) in [5, 5.41) is 12.4. The van der Waals surface area contributed by atoms with Crippen LogP contribution < -0.4 is 11.1 Å². The first-order chi connectivity index (χ1) is 20.3. The van der Waals surface area contributed by atoms with E-state index in [1.165, 1.54) is 6.07 Å². The van der Waals surface area contributed by atoms with Gasteiger partial charge in [-0.25, -0.2) is 24.9 Å². The predicted octanol–water partition coefficient (Wildman–Crippen LogP) is 4.82. The van der Waals surface area contributed by atoms with Gasteiger partial charge in [-0.2, -0.15) is 18.4 Å². The third-order valence-electron chi connectivity index (χ3n) is 7.17. The number of aromatic nitrogens is 6. The number of nitrogen functional groups attached to an aromatic ring is 1. The Hall–Kier alpha value is -5.09. The molecule has 6 rings (SSSR count). The highest BCUT2D eigenvalue weighted by molar-refractivity contribution is 5.82. The molecule has 1 fully saturated rings. The molecule has 0 bridgehead atoms. The van der Waals surface area contributed by atoms with E-state index in [9.17, 15) is 13.2 Å². The summed E-state index contributed by atoms with van der Waals surface area (Å²) in [5.74, 6) is 1.35. The maximum Gasteiger partial charge on any atom is 0.433 e. The van der Waals surface area contributed by atoms with Crippen molar-refractivity contribution in [2.45, 2.75) is 31.6 Å². The molecule has 10 nitrogen and oxygen atoms in total. The third-order valence-corrected chi connectivity index (χ3v) is 7.17. The largest absolute Gasteiger partial charge is 0.433 e. The highest BCUT2D eigenvalue weighted by atomic mass is 19.4. The van der Waals surface area contributed by atoms with E-state index in [1.54, 1.807) is 35.2 Å². The van der Waals surface area contributed by atoms with E-state index in [0.29, 0.717) is 28.4 Å². The van der Waals surface area contributed by atoms with Crippen molar-refractivity contribution in [2.75, 3.05) is 24.1 Å². The lowest BCUT2D eigenvalue weighted by molar-refractivity contribution is -0.141. The van der Waals surface area contributed by atoms with Crippen LogP contribution in [0.1, 0.15) is 29.9 Å². The first-order valence-corrected chi connectivity index (χ1v) is 13.3. The Balaban J connectivity index is 1.22. The molecule has 0 amide bonds. The van der Waals surface area contributed by atoms with Gasteiger partial charge >= 0.3 is 6.18 Å². The molecule has 3 N–H and O–H groups in total. The van der Waals surface area contributed by atoms with Crippen LogP contribution in [0.25, 0.3) is 28.2 Å². The van der Waals surface area contributed by atoms with Gasteiger partial charge in [0, 0.05) is 43.8 Å². The number of alkyl halides is 3. The van der Waals surface area contributed by atoms with Gasteiger partial charge in [0.1, 0.15) is 28.9 Å². The number of hydrogen-bond acceptors (Lipinski definition) is 9. The third kappa shape index (κ3) is 5.57. The van der Waals surface area contributed by atoms with E-state index in [2.05, 4.69) is 35.1 Å². The van der Waals surface area contributed by atoms with Gasteiger partial charge in [-0.05, 0) is 60.9 Å². The SMILES string of the molecule is N#Cc1nccc(NC2CCN(Cc3ccc(-n4c(-c5cccnc5N)nc5ccc(C(F)(F)F)nc54)cc3)CC2)n1. The van der Waals surface area contributed by atoms with Crippen molar-refractivity contribution >= 4 is 22.8 Å². The van der Waals surface area contributed by atoms with E-state index in [-0.39, 0.29) is 23.3 Å². The summed E-state index contributed by atoms with van der Waals surface area (Å²) in [6.45, 7) is 2.47.